The van der Waals surface area contributed by atoms with Crippen molar-refractivity contribution in [2.75, 3.05) is 5.32 Å². The maximum Gasteiger partial charge on any atom is 0.319 e. The zero-order valence-electron chi connectivity index (χ0n) is 12.5. The number of aromatic nitrogens is 2. The molecule has 1 atom stereocenters. The number of anilines is 1. The fourth-order valence-corrected chi connectivity index (χ4v) is 1.87. The van der Waals surface area contributed by atoms with Crippen LogP contribution in [0.1, 0.15) is 25.7 Å². The summed E-state index contributed by atoms with van der Waals surface area (Å²) >= 11 is 0. The van der Waals surface area contributed by atoms with E-state index in [1.807, 2.05) is 13.0 Å². The summed E-state index contributed by atoms with van der Waals surface area (Å²) < 4.78 is 5.33. The van der Waals surface area contributed by atoms with Gasteiger partial charge in [-0.1, -0.05) is 6.92 Å². The Morgan fingerprint density at radius 3 is 2.64 bits per heavy atom. The van der Waals surface area contributed by atoms with Crippen LogP contribution in [0, 0.1) is 18.3 Å². The van der Waals surface area contributed by atoms with Crippen molar-refractivity contribution >= 4 is 11.7 Å². The molecule has 22 heavy (non-hydrogen) atoms. The number of urea groups is 1. The summed E-state index contributed by atoms with van der Waals surface area (Å²) in [6.07, 6.45) is 0.996. The summed E-state index contributed by atoms with van der Waals surface area (Å²) in [5.74, 6) is 0.938. The Kier molecular flexibility index (Phi) is 5.09. The van der Waals surface area contributed by atoms with E-state index in [4.69, 9.17) is 9.68 Å². The summed E-state index contributed by atoms with van der Waals surface area (Å²) in [5.41, 5.74) is 1.42. The van der Waals surface area contributed by atoms with Crippen LogP contribution >= 0.6 is 0 Å². The molecule has 0 aliphatic rings. The molecular weight excluding hydrogens is 282 g/mol. The van der Waals surface area contributed by atoms with Gasteiger partial charge < -0.3 is 15.1 Å². The summed E-state index contributed by atoms with van der Waals surface area (Å²) in [6, 6.07) is 8.65. The molecule has 2 rings (SSSR count). The second kappa shape index (κ2) is 7.22. The highest BCUT2D eigenvalue weighted by atomic mass is 16.4. The molecule has 0 saturated carbocycles. The lowest BCUT2D eigenvalue weighted by atomic mass is 10.2. The van der Waals surface area contributed by atoms with Crippen LogP contribution < -0.4 is 10.6 Å². The molecule has 1 heterocycles. The molecule has 2 N–H and O–H groups in total. The van der Waals surface area contributed by atoms with Gasteiger partial charge in [0, 0.05) is 24.2 Å². The van der Waals surface area contributed by atoms with Gasteiger partial charge in [-0.3, -0.25) is 0 Å². The van der Waals surface area contributed by atoms with Crippen LogP contribution in [0.5, 0.6) is 0 Å². The largest absolute Gasteiger partial charge is 0.421 e. The van der Waals surface area contributed by atoms with Gasteiger partial charge >= 0.3 is 6.03 Å². The second-order valence-corrected chi connectivity index (χ2v) is 4.77. The van der Waals surface area contributed by atoms with E-state index in [2.05, 4.69) is 20.8 Å². The van der Waals surface area contributed by atoms with E-state index in [0.717, 1.165) is 5.56 Å². The van der Waals surface area contributed by atoms with Crippen molar-refractivity contribution in [3.63, 3.8) is 0 Å². The highest BCUT2D eigenvalue weighted by Crippen LogP contribution is 2.19. The Hall–Kier alpha value is -2.88. The molecule has 114 valence electrons. The van der Waals surface area contributed by atoms with Crippen molar-refractivity contribution in [3.05, 3.63) is 30.2 Å². The number of benzene rings is 1. The molecule has 0 bridgehead atoms. The van der Waals surface area contributed by atoms with Gasteiger partial charge in [-0.15, -0.1) is 10.2 Å². The van der Waals surface area contributed by atoms with Gasteiger partial charge in [-0.05, 0) is 30.7 Å². The van der Waals surface area contributed by atoms with Crippen LogP contribution in [0.15, 0.2) is 28.7 Å². The molecular formula is C15H17N5O2. The lowest BCUT2D eigenvalue weighted by Crippen LogP contribution is -2.37. The molecule has 0 aliphatic heterocycles. The van der Waals surface area contributed by atoms with Gasteiger partial charge in [0.05, 0.1) is 12.5 Å². The molecule has 1 unspecified atom stereocenters. The summed E-state index contributed by atoms with van der Waals surface area (Å²) in [5, 5.41) is 21.8. The lowest BCUT2D eigenvalue weighted by Gasteiger charge is -2.14. The predicted octanol–water partition coefficient (Wildman–Crippen LogP) is 2.86. The molecule has 1 aromatic heterocycles. The molecule has 0 aliphatic carbocycles. The SMILES string of the molecule is CCC(CC#N)NC(=O)Nc1ccc(-c2nnc(C)o2)cc1. The zero-order valence-corrected chi connectivity index (χ0v) is 12.5. The molecule has 0 spiro atoms. The van der Waals surface area contributed by atoms with Gasteiger partial charge in [-0.2, -0.15) is 5.26 Å². The number of hydrogen-bond donors (Lipinski definition) is 2. The first-order valence-corrected chi connectivity index (χ1v) is 6.97. The lowest BCUT2D eigenvalue weighted by molar-refractivity contribution is 0.248. The number of rotatable bonds is 5. The number of nitrogens with zero attached hydrogens (tertiary/aromatic N) is 3. The standard InChI is InChI=1S/C15H17N5O2/c1-3-12(8-9-16)17-15(21)18-13-6-4-11(5-7-13)14-20-19-10(2)22-14/h4-7,12H,3,8H2,1-2H3,(H2,17,18,21). The first-order chi connectivity index (χ1) is 10.6. The monoisotopic (exact) mass is 299 g/mol. The van der Waals surface area contributed by atoms with E-state index in [0.29, 0.717) is 30.3 Å². The van der Waals surface area contributed by atoms with E-state index in [1.54, 1.807) is 31.2 Å². The van der Waals surface area contributed by atoms with Crippen molar-refractivity contribution in [2.24, 2.45) is 0 Å². The van der Waals surface area contributed by atoms with Crippen molar-refractivity contribution < 1.29 is 9.21 Å². The number of nitrogens with one attached hydrogen (secondary N) is 2. The number of amides is 2. The summed E-state index contributed by atoms with van der Waals surface area (Å²) in [6.45, 7) is 3.64. The molecule has 7 nitrogen and oxygen atoms in total. The fraction of sp³-hybridized carbons (Fsp3) is 0.333. The normalized spacial score (nSPS) is 11.5. The Morgan fingerprint density at radius 2 is 2.09 bits per heavy atom. The number of nitriles is 1. The highest BCUT2D eigenvalue weighted by molar-refractivity contribution is 5.89. The maximum atomic E-state index is 11.8. The van der Waals surface area contributed by atoms with E-state index in [1.165, 1.54) is 0 Å². The van der Waals surface area contributed by atoms with Crippen molar-refractivity contribution in [3.8, 4) is 17.5 Å². The number of carbonyl (C=O) groups is 1. The topological polar surface area (TPSA) is 104 Å². The van der Waals surface area contributed by atoms with E-state index < -0.39 is 0 Å². The minimum atomic E-state index is -0.330. The molecule has 0 radical (unpaired) electrons. The van der Waals surface area contributed by atoms with Crippen LogP contribution in [-0.2, 0) is 0 Å². The van der Waals surface area contributed by atoms with Gasteiger partial charge in [-0.25, -0.2) is 4.79 Å². The maximum absolute atomic E-state index is 11.8. The van der Waals surface area contributed by atoms with E-state index in [9.17, 15) is 4.79 Å². The van der Waals surface area contributed by atoms with E-state index in [-0.39, 0.29) is 12.1 Å². The molecule has 7 heteroatoms. The van der Waals surface area contributed by atoms with Crippen LogP contribution in [0.25, 0.3) is 11.5 Å². The Bertz CT molecular complexity index is 672. The highest BCUT2D eigenvalue weighted by Gasteiger charge is 2.10. The minimum Gasteiger partial charge on any atom is -0.421 e. The molecule has 0 fully saturated rings. The van der Waals surface area contributed by atoms with Gasteiger partial charge in [0.15, 0.2) is 0 Å². The number of carbonyl (C=O) groups excluding carboxylic acids is 1. The van der Waals surface area contributed by atoms with Crippen LogP contribution in [0.2, 0.25) is 0 Å². The van der Waals surface area contributed by atoms with E-state index >= 15 is 0 Å². The second-order valence-electron chi connectivity index (χ2n) is 4.77. The third kappa shape index (κ3) is 4.06. The molecule has 0 saturated heterocycles. The smallest absolute Gasteiger partial charge is 0.319 e. The van der Waals surface area contributed by atoms with Crippen LogP contribution in [-0.4, -0.2) is 22.3 Å². The van der Waals surface area contributed by atoms with Crippen molar-refractivity contribution in [1.82, 2.24) is 15.5 Å². The summed E-state index contributed by atoms with van der Waals surface area (Å²) in [4.78, 5) is 11.8. The van der Waals surface area contributed by atoms with Gasteiger partial charge in [0.1, 0.15) is 0 Å². The predicted molar refractivity (Wildman–Crippen MR) is 80.9 cm³/mol. The molecule has 2 amide bonds. The number of hydrogen-bond acceptors (Lipinski definition) is 5. The Labute approximate surface area is 128 Å². The Morgan fingerprint density at radius 1 is 1.36 bits per heavy atom. The number of aryl methyl sites for hydroxylation is 1. The first-order valence-electron chi connectivity index (χ1n) is 6.97. The Balaban J connectivity index is 1.96. The van der Waals surface area contributed by atoms with Gasteiger partial charge in [0.25, 0.3) is 0 Å². The van der Waals surface area contributed by atoms with Gasteiger partial charge in [0.2, 0.25) is 11.8 Å². The third-order valence-electron chi connectivity index (χ3n) is 3.08. The quantitative estimate of drug-likeness (QED) is 0.883. The first kappa shape index (κ1) is 15.5. The van der Waals surface area contributed by atoms with Crippen molar-refractivity contribution in [2.45, 2.75) is 32.7 Å². The fourth-order valence-electron chi connectivity index (χ4n) is 1.87. The van der Waals surface area contributed by atoms with Crippen molar-refractivity contribution in [1.29, 1.82) is 5.26 Å². The average Bonchev–Trinajstić information content (AvgIpc) is 2.94. The average molecular weight is 299 g/mol. The summed E-state index contributed by atoms with van der Waals surface area (Å²) in [7, 11) is 0. The molecule has 2 aromatic rings. The molecule has 1 aromatic carbocycles. The zero-order chi connectivity index (χ0) is 15.9. The third-order valence-corrected chi connectivity index (χ3v) is 3.08. The van der Waals surface area contributed by atoms with Crippen LogP contribution in [0.3, 0.4) is 0 Å². The minimum absolute atomic E-state index is 0.148. The van der Waals surface area contributed by atoms with Crippen LogP contribution in [0.4, 0.5) is 10.5 Å².